The van der Waals surface area contributed by atoms with Gasteiger partial charge in [-0.05, 0) is 59.0 Å². The van der Waals surface area contributed by atoms with E-state index in [0.29, 0.717) is 18.5 Å². The first-order chi connectivity index (χ1) is 11.6. The maximum absolute atomic E-state index is 12.1. The Morgan fingerprint density at radius 2 is 2.00 bits per heavy atom. The Kier molecular flexibility index (Phi) is 5.03. The molecule has 1 amide bonds. The lowest BCUT2D eigenvalue weighted by Crippen LogP contribution is -2.26. The Labute approximate surface area is 154 Å². The molecule has 3 aromatic rings. The summed E-state index contributed by atoms with van der Waals surface area (Å²) in [6, 6.07) is 13.4. The van der Waals surface area contributed by atoms with Crippen molar-refractivity contribution in [3.63, 3.8) is 0 Å². The van der Waals surface area contributed by atoms with Crippen LogP contribution in [-0.2, 0) is 13.5 Å². The molecule has 6 heteroatoms. The number of fused-ring (bicyclic) bond motifs is 1. The number of nitrogens with zero attached hydrogens (tertiary/aromatic N) is 2. The molecular weight excluding hydrogens is 417 g/mol. The third kappa shape index (κ3) is 3.53. The van der Waals surface area contributed by atoms with Gasteiger partial charge in [-0.15, -0.1) is 0 Å². The highest BCUT2D eigenvalue weighted by molar-refractivity contribution is 14.1. The van der Waals surface area contributed by atoms with Gasteiger partial charge in [0.05, 0.1) is 18.1 Å². The van der Waals surface area contributed by atoms with Crippen molar-refractivity contribution in [2.75, 3.05) is 13.7 Å². The molecule has 124 valence electrons. The van der Waals surface area contributed by atoms with Gasteiger partial charge in [0.25, 0.3) is 5.91 Å². The molecule has 0 aliphatic heterocycles. The number of carbonyl (C=O) groups is 1. The average Bonchev–Trinajstić information content (AvgIpc) is 2.91. The van der Waals surface area contributed by atoms with Crippen LogP contribution in [0, 0.1) is 3.57 Å². The van der Waals surface area contributed by atoms with Crippen LogP contribution in [0.1, 0.15) is 16.2 Å². The van der Waals surface area contributed by atoms with E-state index in [0.717, 1.165) is 26.2 Å². The van der Waals surface area contributed by atoms with E-state index < -0.39 is 0 Å². The highest BCUT2D eigenvalue weighted by atomic mass is 127. The van der Waals surface area contributed by atoms with Crippen LogP contribution in [0.15, 0.2) is 42.5 Å². The van der Waals surface area contributed by atoms with Gasteiger partial charge in [-0.2, -0.15) is 0 Å². The Bertz CT molecular complexity index is 872. The number of imidazole rings is 1. The Hall–Kier alpha value is -2.09. The van der Waals surface area contributed by atoms with E-state index in [1.165, 1.54) is 0 Å². The molecule has 0 aliphatic rings. The SMILES string of the molecule is COc1ccc2c(c1)nc(CCNC(=O)c1ccc(I)cc1)n2C. The van der Waals surface area contributed by atoms with Crippen LogP contribution in [0.2, 0.25) is 0 Å². The first kappa shape index (κ1) is 16.8. The van der Waals surface area contributed by atoms with Gasteiger partial charge in [0.2, 0.25) is 0 Å². The Morgan fingerprint density at radius 3 is 2.71 bits per heavy atom. The third-order valence-electron chi connectivity index (χ3n) is 3.92. The lowest BCUT2D eigenvalue weighted by Gasteiger charge is -2.06. The number of rotatable bonds is 5. The van der Waals surface area contributed by atoms with E-state index in [9.17, 15) is 4.79 Å². The first-order valence-electron chi connectivity index (χ1n) is 7.61. The molecule has 0 fully saturated rings. The van der Waals surface area contributed by atoms with Crippen LogP contribution in [0.5, 0.6) is 5.75 Å². The smallest absolute Gasteiger partial charge is 0.251 e. The molecule has 0 bridgehead atoms. The second-order valence-corrected chi connectivity index (χ2v) is 6.70. The van der Waals surface area contributed by atoms with Gasteiger partial charge in [-0.3, -0.25) is 4.79 Å². The van der Waals surface area contributed by atoms with Crippen LogP contribution in [0.4, 0.5) is 0 Å². The number of aromatic nitrogens is 2. The summed E-state index contributed by atoms with van der Waals surface area (Å²) >= 11 is 2.22. The van der Waals surface area contributed by atoms with Gasteiger partial charge in [-0.25, -0.2) is 4.98 Å². The number of hydrogen-bond donors (Lipinski definition) is 1. The van der Waals surface area contributed by atoms with Crippen molar-refractivity contribution in [1.82, 2.24) is 14.9 Å². The zero-order valence-corrected chi connectivity index (χ0v) is 15.7. The number of nitrogens with one attached hydrogen (secondary N) is 1. The summed E-state index contributed by atoms with van der Waals surface area (Å²) in [6.07, 6.45) is 0.670. The van der Waals surface area contributed by atoms with Crippen LogP contribution in [0.25, 0.3) is 11.0 Å². The van der Waals surface area contributed by atoms with E-state index in [2.05, 4.69) is 32.9 Å². The maximum atomic E-state index is 12.1. The standard InChI is InChI=1S/C18H18IN3O2/c1-22-16-8-7-14(24-2)11-15(16)21-17(22)9-10-20-18(23)12-3-5-13(19)6-4-12/h3-8,11H,9-10H2,1-2H3,(H,20,23). The largest absolute Gasteiger partial charge is 0.497 e. The van der Waals surface area contributed by atoms with Crippen molar-refractivity contribution in [2.45, 2.75) is 6.42 Å². The summed E-state index contributed by atoms with van der Waals surface area (Å²) in [5.41, 5.74) is 2.62. The maximum Gasteiger partial charge on any atom is 0.251 e. The molecule has 1 aromatic heterocycles. The summed E-state index contributed by atoms with van der Waals surface area (Å²) in [4.78, 5) is 16.8. The quantitative estimate of drug-likeness (QED) is 0.627. The zero-order valence-electron chi connectivity index (χ0n) is 13.5. The Balaban J connectivity index is 1.66. The molecule has 1 N–H and O–H groups in total. The number of amides is 1. The lowest BCUT2D eigenvalue weighted by atomic mass is 10.2. The highest BCUT2D eigenvalue weighted by Gasteiger charge is 2.10. The molecule has 24 heavy (non-hydrogen) atoms. The van der Waals surface area contributed by atoms with Crippen molar-refractivity contribution >= 4 is 39.5 Å². The normalized spacial score (nSPS) is 10.8. The van der Waals surface area contributed by atoms with Gasteiger partial charge in [0, 0.05) is 35.2 Å². The van der Waals surface area contributed by atoms with Gasteiger partial charge >= 0.3 is 0 Å². The predicted octanol–water partition coefficient (Wildman–Crippen LogP) is 3.16. The van der Waals surface area contributed by atoms with Crippen molar-refractivity contribution in [1.29, 1.82) is 0 Å². The molecule has 0 radical (unpaired) electrons. The summed E-state index contributed by atoms with van der Waals surface area (Å²) in [5.74, 6) is 1.66. The summed E-state index contributed by atoms with van der Waals surface area (Å²) in [6.45, 7) is 0.541. The fraction of sp³-hybridized carbons (Fsp3) is 0.222. The molecular formula is C18H18IN3O2. The minimum atomic E-state index is -0.0631. The van der Waals surface area contributed by atoms with Crippen molar-refractivity contribution < 1.29 is 9.53 Å². The number of carbonyl (C=O) groups excluding carboxylic acids is 1. The summed E-state index contributed by atoms with van der Waals surface area (Å²) in [7, 11) is 3.63. The number of methoxy groups -OCH3 is 1. The molecule has 0 atom stereocenters. The van der Waals surface area contributed by atoms with E-state index in [1.54, 1.807) is 7.11 Å². The number of benzene rings is 2. The van der Waals surface area contributed by atoms with Gasteiger partial charge in [-0.1, -0.05) is 0 Å². The topological polar surface area (TPSA) is 56.1 Å². The second-order valence-electron chi connectivity index (χ2n) is 5.45. The fourth-order valence-electron chi connectivity index (χ4n) is 2.57. The van der Waals surface area contributed by atoms with Gasteiger partial charge in [0.1, 0.15) is 11.6 Å². The molecule has 1 heterocycles. The van der Waals surface area contributed by atoms with Crippen LogP contribution < -0.4 is 10.1 Å². The first-order valence-corrected chi connectivity index (χ1v) is 8.69. The fourth-order valence-corrected chi connectivity index (χ4v) is 2.93. The van der Waals surface area contributed by atoms with Crippen LogP contribution in [0.3, 0.4) is 0 Å². The third-order valence-corrected chi connectivity index (χ3v) is 4.64. The van der Waals surface area contributed by atoms with Crippen LogP contribution >= 0.6 is 22.6 Å². The summed E-state index contributed by atoms with van der Waals surface area (Å²) in [5, 5.41) is 2.94. The zero-order chi connectivity index (χ0) is 17.1. The number of halogens is 1. The number of aryl methyl sites for hydroxylation is 1. The van der Waals surface area contributed by atoms with E-state index in [4.69, 9.17) is 4.74 Å². The molecule has 2 aromatic carbocycles. The second kappa shape index (κ2) is 7.21. The number of ether oxygens (including phenoxy) is 1. The molecule has 0 spiro atoms. The highest BCUT2D eigenvalue weighted by Crippen LogP contribution is 2.21. The predicted molar refractivity (Wildman–Crippen MR) is 102 cm³/mol. The molecule has 0 saturated heterocycles. The average molecular weight is 435 g/mol. The molecule has 0 saturated carbocycles. The van der Waals surface area contributed by atoms with E-state index in [-0.39, 0.29) is 5.91 Å². The minimum absolute atomic E-state index is 0.0631. The molecule has 3 rings (SSSR count). The van der Waals surface area contributed by atoms with Gasteiger partial charge < -0.3 is 14.6 Å². The van der Waals surface area contributed by atoms with Crippen molar-refractivity contribution in [2.24, 2.45) is 7.05 Å². The lowest BCUT2D eigenvalue weighted by molar-refractivity contribution is 0.0954. The molecule has 5 nitrogen and oxygen atoms in total. The monoisotopic (exact) mass is 435 g/mol. The van der Waals surface area contributed by atoms with Crippen molar-refractivity contribution in [3.8, 4) is 5.75 Å². The minimum Gasteiger partial charge on any atom is -0.497 e. The summed E-state index contributed by atoms with van der Waals surface area (Å²) < 4.78 is 8.39. The Morgan fingerprint density at radius 1 is 1.25 bits per heavy atom. The van der Waals surface area contributed by atoms with E-state index in [1.807, 2.05) is 54.1 Å². The number of hydrogen-bond acceptors (Lipinski definition) is 3. The molecule has 0 unspecified atom stereocenters. The molecule has 0 aliphatic carbocycles. The van der Waals surface area contributed by atoms with E-state index >= 15 is 0 Å². The van der Waals surface area contributed by atoms with Crippen LogP contribution in [-0.4, -0.2) is 29.1 Å². The van der Waals surface area contributed by atoms with Gasteiger partial charge in [0.15, 0.2) is 0 Å². The van der Waals surface area contributed by atoms with Crippen molar-refractivity contribution in [3.05, 3.63) is 57.4 Å².